The Kier molecular flexibility index (Phi) is 5.67. The maximum absolute atomic E-state index is 13.7. The monoisotopic (exact) mass is 364 g/mol. The van der Waals surface area contributed by atoms with Crippen molar-refractivity contribution in [3.8, 4) is 0 Å². The number of nitrogens with zero attached hydrogens (tertiary/aromatic N) is 2. The summed E-state index contributed by atoms with van der Waals surface area (Å²) in [4.78, 5) is 29.3. The summed E-state index contributed by atoms with van der Waals surface area (Å²) in [5, 5.41) is -0.293. The predicted molar refractivity (Wildman–Crippen MR) is 97.5 cm³/mol. The molecule has 2 heterocycles. The van der Waals surface area contributed by atoms with Crippen LogP contribution in [0.5, 0.6) is 0 Å². The van der Waals surface area contributed by atoms with Crippen molar-refractivity contribution in [1.29, 1.82) is 0 Å². The Bertz CT molecular complexity index is 646. The van der Waals surface area contributed by atoms with Gasteiger partial charge in [0.1, 0.15) is 17.2 Å². The quantitative estimate of drug-likeness (QED) is 0.804. The Balaban J connectivity index is 1.90. The van der Waals surface area contributed by atoms with Gasteiger partial charge in [-0.15, -0.1) is 11.8 Å². The zero-order valence-electron chi connectivity index (χ0n) is 14.8. The molecule has 2 atom stereocenters. The van der Waals surface area contributed by atoms with Gasteiger partial charge in [0.2, 0.25) is 11.8 Å². The van der Waals surface area contributed by atoms with Crippen molar-refractivity contribution in [2.75, 3.05) is 18.8 Å². The molecule has 0 bridgehead atoms. The van der Waals surface area contributed by atoms with E-state index in [4.69, 9.17) is 0 Å². The van der Waals surface area contributed by atoms with Crippen molar-refractivity contribution in [3.63, 3.8) is 0 Å². The minimum absolute atomic E-state index is 0.0301. The molecule has 1 aromatic rings. The van der Waals surface area contributed by atoms with Gasteiger partial charge in [-0.3, -0.25) is 9.59 Å². The molecule has 1 aromatic carbocycles. The summed E-state index contributed by atoms with van der Waals surface area (Å²) >= 11 is 1.47. The highest BCUT2D eigenvalue weighted by atomic mass is 32.2. The first-order chi connectivity index (χ1) is 12.0. The maximum atomic E-state index is 13.7. The van der Waals surface area contributed by atoms with Crippen LogP contribution in [0.25, 0.3) is 0 Å². The van der Waals surface area contributed by atoms with E-state index in [0.29, 0.717) is 18.1 Å². The van der Waals surface area contributed by atoms with E-state index in [1.54, 1.807) is 11.0 Å². The van der Waals surface area contributed by atoms with Crippen LogP contribution in [0.4, 0.5) is 4.39 Å². The molecule has 2 saturated heterocycles. The molecule has 4 nitrogen and oxygen atoms in total. The maximum Gasteiger partial charge on any atom is 0.245 e. The number of carbonyl (C=O) groups is 2. The minimum atomic E-state index is -0.464. The molecule has 6 heteroatoms. The number of rotatable bonds is 5. The summed E-state index contributed by atoms with van der Waals surface area (Å²) in [5.74, 6) is 0.330. The van der Waals surface area contributed by atoms with Gasteiger partial charge in [-0.2, -0.15) is 0 Å². The largest absolute Gasteiger partial charge is 0.341 e. The lowest BCUT2D eigenvalue weighted by Gasteiger charge is -2.35. The average Bonchev–Trinajstić information content (AvgIpc) is 3.21. The molecule has 0 spiro atoms. The Morgan fingerprint density at radius 2 is 2.04 bits per heavy atom. The summed E-state index contributed by atoms with van der Waals surface area (Å²) in [6.45, 7) is 5.67. The van der Waals surface area contributed by atoms with Crippen molar-refractivity contribution >= 4 is 23.6 Å². The predicted octanol–water partition coefficient (Wildman–Crippen LogP) is 3.44. The summed E-state index contributed by atoms with van der Waals surface area (Å²) in [6, 6.07) is 5.89. The van der Waals surface area contributed by atoms with Gasteiger partial charge in [0.25, 0.3) is 0 Å². The van der Waals surface area contributed by atoms with E-state index >= 15 is 0 Å². The number of hydrogen-bond donors (Lipinski definition) is 0. The molecular formula is C19H25FN2O2S. The van der Waals surface area contributed by atoms with Gasteiger partial charge in [-0.1, -0.05) is 26.0 Å². The van der Waals surface area contributed by atoms with E-state index in [9.17, 15) is 14.0 Å². The third kappa shape index (κ3) is 4.00. The average molecular weight is 364 g/mol. The molecule has 0 saturated carbocycles. The fourth-order valence-electron chi connectivity index (χ4n) is 3.62. The van der Waals surface area contributed by atoms with Crippen LogP contribution in [0.2, 0.25) is 0 Å². The first kappa shape index (κ1) is 18.2. The van der Waals surface area contributed by atoms with Crippen LogP contribution in [-0.2, 0) is 9.59 Å². The highest BCUT2D eigenvalue weighted by molar-refractivity contribution is 8.00. The lowest BCUT2D eigenvalue weighted by Crippen LogP contribution is -2.50. The Morgan fingerprint density at radius 3 is 2.68 bits per heavy atom. The van der Waals surface area contributed by atoms with Crippen LogP contribution >= 0.6 is 11.8 Å². The van der Waals surface area contributed by atoms with Gasteiger partial charge >= 0.3 is 0 Å². The number of benzene rings is 1. The molecule has 25 heavy (non-hydrogen) atoms. The SMILES string of the molecule is CC(C)CC(C(=O)N1CCCC1)N1C(=O)CSC1c1cccc(F)c1. The molecule has 2 amide bonds. The normalized spacial score (nSPS) is 22.1. The molecule has 2 aliphatic rings. The van der Waals surface area contributed by atoms with Crippen molar-refractivity contribution in [1.82, 2.24) is 9.80 Å². The van der Waals surface area contributed by atoms with Crippen molar-refractivity contribution in [3.05, 3.63) is 35.6 Å². The summed E-state index contributed by atoms with van der Waals surface area (Å²) in [6.07, 6.45) is 2.68. The van der Waals surface area contributed by atoms with Gasteiger partial charge in [-0.05, 0) is 42.9 Å². The summed E-state index contributed by atoms with van der Waals surface area (Å²) in [7, 11) is 0. The molecule has 0 aromatic heterocycles. The molecule has 2 aliphatic heterocycles. The number of hydrogen-bond acceptors (Lipinski definition) is 3. The molecular weight excluding hydrogens is 339 g/mol. The van der Waals surface area contributed by atoms with Crippen LogP contribution in [-0.4, -0.2) is 46.5 Å². The first-order valence-corrected chi connectivity index (χ1v) is 9.99. The molecule has 0 aliphatic carbocycles. The second-order valence-electron chi connectivity index (χ2n) is 7.20. The summed E-state index contributed by atoms with van der Waals surface area (Å²) in [5.41, 5.74) is 0.749. The standard InChI is InChI=1S/C19H25FN2O2S/c1-13(2)10-16(18(24)21-8-3-4-9-21)22-17(23)12-25-19(22)14-6-5-7-15(20)11-14/h5-7,11,13,16,19H,3-4,8-10,12H2,1-2H3. The third-order valence-corrected chi connectivity index (χ3v) is 6.00. The smallest absolute Gasteiger partial charge is 0.245 e. The molecule has 2 unspecified atom stereocenters. The lowest BCUT2D eigenvalue weighted by molar-refractivity contribution is -0.144. The Morgan fingerprint density at radius 1 is 1.32 bits per heavy atom. The van der Waals surface area contributed by atoms with E-state index < -0.39 is 6.04 Å². The molecule has 3 rings (SSSR count). The zero-order valence-corrected chi connectivity index (χ0v) is 15.6. The van der Waals surface area contributed by atoms with Gasteiger partial charge in [0.15, 0.2) is 0 Å². The summed E-state index contributed by atoms with van der Waals surface area (Å²) < 4.78 is 13.7. The number of thioether (sulfide) groups is 1. The molecule has 2 fully saturated rings. The minimum Gasteiger partial charge on any atom is -0.341 e. The molecule has 136 valence electrons. The van der Waals surface area contributed by atoms with Crippen molar-refractivity contribution in [2.45, 2.75) is 44.5 Å². The van der Waals surface area contributed by atoms with Gasteiger partial charge < -0.3 is 9.80 Å². The van der Waals surface area contributed by atoms with Gasteiger partial charge in [-0.25, -0.2) is 4.39 Å². The van der Waals surface area contributed by atoms with E-state index in [0.717, 1.165) is 31.5 Å². The number of amides is 2. The highest BCUT2D eigenvalue weighted by Crippen LogP contribution is 2.41. The number of carbonyl (C=O) groups excluding carboxylic acids is 2. The van der Waals surface area contributed by atoms with E-state index in [1.807, 2.05) is 11.0 Å². The second kappa shape index (κ2) is 7.77. The molecule has 0 radical (unpaired) electrons. The Labute approximate surface area is 152 Å². The van der Waals surface area contributed by atoms with Crippen LogP contribution in [0.3, 0.4) is 0 Å². The van der Waals surface area contributed by atoms with Crippen LogP contribution < -0.4 is 0 Å². The number of halogens is 1. The second-order valence-corrected chi connectivity index (χ2v) is 8.27. The van der Waals surface area contributed by atoms with Gasteiger partial charge in [0.05, 0.1) is 5.75 Å². The zero-order chi connectivity index (χ0) is 18.0. The van der Waals surface area contributed by atoms with Crippen LogP contribution in [0.15, 0.2) is 24.3 Å². The van der Waals surface area contributed by atoms with Crippen molar-refractivity contribution in [2.24, 2.45) is 5.92 Å². The number of likely N-dealkylation sites (tertiary alicyclic amines) is 1. The first-order valence-electron chi connectivity index (χ1n) is 8.94. The van der Waals surface area contributed by atoms with E-state index in [2.05, 4.69) is 13.8 Å². The van der Waals surface area contributed by atoms with E-state index in [-0.39, 0.29) is 23.0 Å². The third-order valence-electron chi connectivity index (χ3n) is 4.77. The highest BCUT2D eigenvalue weighted by Gasteiger charge is 2.42. The van der Waals surface area contributed by atoms with E-state index in [1.165, 1.54) is 23.9 Å². The van der Waals surface area contributed by atoms with Crippen molar-refractivity contribution < 1.29 is 14.0 Å². The molecule has 0 N–H and O–H groups in total. The fraction of sp³-hybridized carbons (Fsp3) is 0.579. The Hall–Kier alpha value is -1.56. The van der Waals surface area contributed by atoms with Crippen LogP contribution in [0.1, 0.15) is 44.0 Å². The van der Waals surface area contributed by atoms with Gasteiger partial charge in [0, 0.05) is 13.1 Å². The lowest BCUT2D eigenvalue weighted by atomic mass is 10.00. The fourth-order valence-corrected chi connectivity index (χ4v) is 4.83. The topological polar surface area (TPSA) is 40.6 Å². The van der Waals surface area contributed by atoms with Crippen LogP contribution in [0, 0.1) is 11.7 Å².